The molecule has 0 radical (unpaired) electrons. The summed E-state index contributed by atoms with van der Waals surface area (Å²) in [5.74, 6) is 0.827. The highest BCUT2D eigenvalue weighted by molar-refractivity contribution is 5.29. The normalized spacial score (nSPS) is 14.9. The lowest BCUT2D eigenvalue weighted by molar-refractivity contribution is -0.0524. The van der Waals surface area contributed by atoms with E-state index < -0.39 is 0 Å². The van der Waals surface area contributed by atoms with Gasteiger partial charge in [-0.2, -0.15) is 0 Å². The summed E-state index contributed by atoms with van der Waals surface area (Å²) in [4.78, 5) is 0. The quantitative estimate of drug-likeness (QED) is 0.781. The SMILES string of the molecule is COc1ccc(C(N)C(C)OCCOC(C)(C)C)cc1. The average Bonchev–Trinajstić information content (AvgIpc) is 2.41. The van der Waals surface area contributed by atoms with Crippen LogP contribution in [-0.4, -0.2) is 32.0 Å². The molecule has 0 aliphatic rings. The number of ether oxygens (including phenoxy) is 3. The Morgan fingerprint density at radius 1 is 1.10 bits per heavy atom. The van der Waals surface area contributed by atoms with Gasteiger partial charge in [0.25, 0.3) is 0 Å². The molecule has 2 N–H and O–H groups in total. The van der Waals surface area contributed by atoms with Gasteiger partial charge in [-0.25, -0.2) is 0 Å². The van der Waals surface area contributed by atoms with E-state index in [2.05, 4.69) is 0 Å². The van der Waals surface area contributed by atoms with Gasteiger partial charge in [0.1, 0.15) is 5.75 Å². The Hall–Kier alpha value is -1.10. The lowest BCUT2D eigenvalue weighted by atomic mass is 10.0. The zero-order valence-electron chi connectivity index (χ0n) is 13.2. The molecule has 0 amide bonds. The van der Waals surface area contributed by atoms with Gasteiger partial charge in [0, 0.05) is 0 Å². The van der Waals surface area contributed by atoms with Crippen molar-refractivity contribution >= 4 is 0 Å². The van der Waals surface area contributed by atoms with E-state index in [9.17, 15) is 0 Å². The van der Waals surface area contributed by atoms with Crippen molar-refractivity contribution in [3.63, 3.8) is 0 Å². The van der Waals surface area contributed by atoms with Gasteiger partial charge in [-0.1, -0.05) is 12.1 Å². The molecule has 0 aromatic heterocycles. The molecule has 1 aromatic rings. The van der Waals surface area contributed by atoms with Crippen LogP contribution in [0.3, 0.4) is 0 Å². The van der Waals surface area contributed by atoms with Crippen LogP contribution in [-0.2, 0) is 9.47 Å². The zero-order chi connectivity index (χ0) is 15.2. The molecule has 4 heteroatoms. The van der Waals surface area contributed by atoms with Crippen molar-refractivity contribution in [2.45, 2.75) is 45.4 Å². The van der Waals surface area contributed by atoms with Gasteiger partial charge in [0.15, 0.2) is 0 Å². The minimum atomic E-state index is -0.157. The molecule has 0 saturated carbocycles. The maximum absolute atomic E-state index is 6.19. The fourth-order valence-electron chi connectivity index (χ4n) is 1.78. The first-order valence-electron chi connectivity index (χ1n) is 6.98. The molecule has 4 nitrogen and oxygen atoms in total. The third-order valence-corrected chi connectivity index (χ3v) is 3.01. The summed E-state index contributed by atoms with van der Waals surface area (Å²) in [6.45, 7) is 9.18. The molecule has 0 bridgehead atoms. The molecule has 20 heavy (non-hydrogen) atoms. The number of benzene rings is 1. The second-order valence-electron chi connectivity index (χ2n) is 5.84. The van der Waals surface area contributed by atoms with E-state index in [0.29, 0.717) is 13.2 Å². The maximum Gasteiger partial charge on any atom is 0.118 e. The number of rotatable bonds is 7. The van der Waals surface area contributed by atoms with Gasteiger partial charge in [-0.3, -0.25) is 0 Å². The van der Waals surface area contributed by atoms with Gasteiger partial charge >= 0.3 is 0 Å². The van der Waals surface area contributed by atoms with Crippen LogP contribution in [0, 0.1) is 0 Å². The Bertz CT molecular complexity index is 384. The molecule has 0 fully saturated rings. The zero-order valence-corrected chi connectivity index (χ0v) is 13.2. The Balaban J connectivity index is 2.39. The molecule has 2 atom stereocenters. The van der Waals surface area contributed by atoms with E-state index in [1.165, 1.54) is 0 Å². The van der Waals surface area contributed by atoms with E-state index in [0.717, 1.165) is 11.3 Å². The van der Waals surface area contributed by atoms with Crippen LogP contribution in [0.5, 0.6) is 5.75 Å². The first-order chi connectivity index (χ1) is 9.33. The van der Waals surface area contributed by atoms with E-state index in [4.69, 9.17) is 19.9 Å². The highest BCUT2D eigenvalue weighted by atomic mass is 16.5. The molecule has 0 spiro atoms. The van der Waals surface area contributed by atoms with Crippen LogP contribution >= 0.6 is 0 Å². The summed E-state index contributed by atoms with van der Waals surface area (Å²) < 4.78 is 16.5. The van der Waals surface area contributed by atoms with Gasteiger partial charge in [-0.15, -0.1) is 0 Å². The predicted molar refractivity (Wildman–Crippen MR) is 81.0 cm³/mol. The van der Waals surface area contributed by atoms with Crippen LogP contribution < -0.4 is 10.5 Å². The van der Waals surface area contributed by atoms with E-state index in [1.807, 2.05) is 52.0 Å². The van der Waals surface area contributed by atoms with Crippen molar-refractivity contribution in [1.82, 2.24) is 0 Å². The topological polar surface area (TPSA) is 53.7 Å². The lowest BCUT2D eigenvalue weighted by Crippen LogP contribution is -2.29. The van der Waals surface area contributed by atoms with Crippen molar-refractivity contribution < 1.29 is 14.2 Å². The molecule has 0 aliphatic carbocycles. The summed E-state index contributed by atoms with van der Waals surface area (Å²) in [6, 6.07) is 7.59. The summed E-state index contributed by atoms with van der Waals surface area (Å²) in [5.41, 5.74) is 7.09. The molecule has 1 aromatic carbocycles. The van der Waals surface area contributed by atoms with Crippen LogP contribution in [0.2, 0.25) is 0 Å². The third kappa shape index (κ3) is 5.90. The fraction of sp³-hybridized carbons (Fsp3) is 0.625. The Kier molecular flexibility index (Phi) is 6.46. The van der Waals surface area contributed by atoms with Crippen molar-refractivity contribution in [1.29, 1.82) is 0 Å². The average molecular weight is 281 g/mol. The Morgan fingerprint density at radius 3 is 2.20 bits per heavy atom. The second kappa shape index (κ2) is 7.62. The minimum absolute atomic E-state index is 0.0630. The molecular weight excluding hydrogens is 254 g/mol. The summed E-state index contributed by atoms with van der Waals surface area (Å²) in [5, 5.41) is 0. The lowest BCUT2D eigenvalue weighted by Gasteiger charge is -2.23. The molecule has 114 valence electrons. The van der Waals surface area contributed by atoms with Gasteiger partial charge in [-0.05, 0) is 45.4 Å². The van der Waals surface area contributed by atoms with Crippen LogP contribution in [0.15, 0.2) is 24.3 Å². The number of hydrogen-bond acceptors (Lipinski definition) is 4. The highest BCUT2D eigenvalue weighted by Crippen LogP contribution is 2.20. The molecular formula is C16H27NO3. The first kappa shape index (κ1) is 17.0. The van der Waals surface area contributed by atoms with Crippen molar-refractivity contribution in [2.75, 3.05) is 20.3 Å². The monoisotopic (exact) mass is 281 g/mol. The molecule has 2 unspecified atom stereocenters. The summed E-state index contributed by atoms with van der Waals surface area (Å²) in [6.07, 6.45) is -0.0630. The predicted octanol–water partition coefficient (Wildman–Crippen LogP) is 2.92. The molecule has 0 aliphatic heterocycles. The van der Waals surface area contributed by atoms with Crippen LogP contribution in [0.25, 0.3) is 0 Å². The van der Waals surface area contributed by atoms with Crippen LogP contribution in [0.4, 0.5) is 0 Å². The number of hydrogen-bond donors (Lipinski definition) is 1. The summed E-state index contributed by atoms with van der Waals surface area (Å²) in [7, 11) is 1.65. The fourth-order valence-corrected chi connectivity index (χ4v) is 1.78. The molecule has 0 heterocycles. The van der Waals surface area contributed by atoms with Crippen molar-refractivity contribution in [2.24, 2.45) is 5.73 Å². The Labute approximate surface area is 122 Å². The third-order valence-electron chi connectivity index (χ3n) is 3.01. The van der Waals surface area contributed by atoms with Gasteiger partial charge in [0.05, 0.1) is 38.1 Å². The van der Waals surface area contributed by atoms with Crippen LogP contribution in [0.1, 0.15) is 39.3 Å². The smallest absolute Gasteiger partial charge is 0.118 e. The van der Waals surface area contributed by atoms with Gasteiger partial charge in [0.2, 0.25) is 0 Å². The van der Waals surface area contributed by atoms with E-state index in [1.54, 1.807) is 7.11 Å². The van der Waals surface area contributed by atoms with E-state index >= 15 is 0 Å². The minimum Gasteiger partial charge on any atom is -0.497 e. The second-order valence-corrected chi connectivity index (χ2v) is 5.84. The molecule has 1 rings (SSSR count). The first-order valence-corrected chi connectivity index (χ1v) is 6.98. The van der Waals surface area contributed by atoms with E-state index in [-0.39, 0.29) is 17.7 Å². The standard InChI is InChI=1S/C16H27NO3/c1-12(19-10-11-20-16(2,3)4)15(17)13-6-8-14(18-5)9-7-13/h6-9,12,15H,10-11,17H2,1-5H3. The maximum atomic E-state index is 6.19. The Morgan fingerprint density at radius 2 is 1.70 bits per heavy atom. The largest absolute Gasteiger partial charge is 0.497 e. The highest BCUT2D eigenvalue weighted by Gasteiger charge is 2.16. The summed E-state index contributed by atoms with van der Waals surface area (Å²) >= 11 is 0. The number of nitrogens with two attached hydrogens (primary N) is 1. The van der Waals surface area contributed by atoms with Crippen molar-refractivity contribution in [3.05, 3.63) is 29.8 Å². The molecule has 0 saturated heterocycles. The van der Waals surface area contributed by atoms with Crippen molar-refractivity contribution in [3.8, 4) is 5.75 Å². The van der Waals surface area contributed by atoms with Gasteiger partial charge < -0.3 is 19.9 Å². The number of methoxy groups -OCH3 is 1.